The summed E-state index contributed by atoms with van der Waals surface area (Å²) in [5, 5.41) is 11.0. The molecule has 1 fully saturated rings. The zero-order valence-corrected chi connectivity index (χ0v) is 6.78. The van der Waals surface area contributed by atoms with Crippen molar-refractivity contribution in [2.75, 3.05) is 5.32 Å². The van der Waals surface area contributed by atoms with Gasteiger partial charge in [-0.25, -0.2) is 4.68 Å². The molecule has 0 radical (unpaired) electrons. The first-order valence-corrected chi connectivity index (χ1v) is 3.88. The molecule has 1 N–H and O–H groups in total. The molecule has 2 rings (SSSR count). The summed E-state index contributed by atoms with van der Waals surface area (Å²) in [4.78, 5) is 0. The predicted octanol–water partition coefficient (Wildman–Crippen LogP) is 0.635. The fourth-order valence-electron chi connectivity index (χ4n) is 1.13. The number of nitrogens with one attached hydrogen (secondary N) is 1. The van der Waals surface area contributed by atoms with Crippen LogP contribution in [0.4, 0.5) is 5.82 Å². The van der Waals surface area contributed by atoms with Gasteiger partial charge in [-0.3, -0.25) is 0 Å². The van der Waals surface area contributed by atoms with Gasteiger partial charge < -0.3 is 5.32 Å². The van der Waals surface area contributed by atoms with E-state index in [2.05, 4.69) is 22.6 Å². The summed E-state index contributed by atoms with van der Waals surface area (Å²) in [6.45, 7) is 2.24. The van der Waals surface area contributed by atoms with E-state index in [1.165, 1.54) is 6.42 Å². The number of nitrogens with zero attached hydrogens (tertiary/aromatic N) is 3. The first kappa shape index (κ1) is 6.64. The first-order chi connectivity index (χ1) is 5.27. The fourth-order valence-corrected chi connectivity index (χ4v) is 1.13. The molecular weight excluding hydrogens is 140 g/mol. The lowest BCUT2D eigenvalue weighted by molar-refractivity contribution is 0.715. The molecule has 60 valence electrons. The molecule has 0 spiro atoms. The molecule has 0 saturated heterocycles. The van der Waals surface area contributed by atoms with E-state index in [0.717, 1.165) is 11.7 Å². The number of rotatable bonds is 2. The van der Waals surface area contributed by atoms with Crippen molar-refractivity contribution in [2.24, 2.45) is 13.0 Å². The maximum atomic E-state index is 3.83. The van der Waals surface area contributed by atoms with Crippen molar-refractivity contribution in [3.8, 4) is 0 Å². The number of hydrogen-bond donors (Lipinski definition) is 1. The highest BCUT2D eigenvalue weighted by atomic mass is 15.4. The summed E-state index contributed by atoms with van der Waals surface area (Å²) in [6, 6.07) is 0.646. The van der Waals surface area contributed by atoms with Crippen LogP contribution in [-0.4, -0.2) is 21.0 Å². The van der Waals surface area contributed by atoms with Gasteiger partial charge in [0.25, 0.3) is 0 Å². The minimum Gasteiger partial charge on any atom is -0.366 e. The second-order valence-electron chi connectivity index (χ2n) is 3.21. The van der Waals surface area contributed by atoms with Crippen LogP contribution in [0, 0.1) is 5.92 Å². The summed E-state index contributed by atoms with van der Waals surface area (Å²) in [7, 11) is 1.89. The molecule has 2 atom stereocenters. The highest BCUT2D eigenvalue weighted by Gasteiger charge is 2.32. The summed E-state index contributed by atoms with van der Waals surface area (Å²) in [5.74, 6) is 1.82. The number of hydrogen-bond acceptors (Lipinski definition) is 3. The first-order valence-electron chi connectivity index (χ1n) is 3.88. The van der Waals surface area contributed by atoms with E-state index in [1.54, 1.807) is 10.9 Å². The van der Waals surface area contributed by atoms with Crippen LogP contribution < -0.4 is 5.32 Å². The summed E-state index contributed by atoms with van der Waals surface area (Å²) >= 11 is 0. The van der Waals surface area contributed by atoms with Gasteiger partial charge in [-0.2, -0.15) is 0 Å². The maximum Gasteiger partial charge on any atom is 0.144 e. The Balaban J connectivity index is 2.01. The molecule has 1 aliphatic rings. The second-order valence-corrected chi connectivity index (χ2v) is 3.21. The number of aromatic nitrogens is 3. The second kappa shape index (κ2) is 2.22. The fraction of sp³-hybridized carbons (Fsp3) is 0.714. The topological polar surface area (TPSA) is 42.7 Å². The highest BCUT2D eigenvalue weighted by Crippen LogP contribution is 2.31. The van der Waals surface area contributed by atoms with Crippen molar-refractivity contribution >= 4 is 5.82 Å². The summed E-state index contributed by atoms with van der Waals surface area (Å²) in [5.41, 5.74) is 0. The van der Waals surface area contributed by atoms with Crippen LogP contribution in [0.15, 0.2) is 6.20 Å². The molecule has 0 aromatic carbocycles. The van der Waals surface area contributed by atoms with E-state index < -0.39 is 0 Å². The molecule has 0 aliphatic heterocycles. The van der Waals surface area contributed by atoms with Gasteiger partial charge >= 0.3 is 0 Å². The van der Waals surface area contributed by atoms with Gasteiger partial charge in [-0.15, -0.1) is 5.10 Å². The van der Waals surface area contributed by atoms with Crippen LogP contribution >= 0.6 is 0 Å². The molecule has 2 unspecified atom stereocenters. The van der Waals surface area contributed by atoms with Crippen LogP contribution in [0.3, 0.4) is 0 Å². The normalized spacial score (nSPS) is 28.5. The number of anilines is 1. The van der Waals surface area contributed by atoms with E-state index in [0.29, 0.717) is 6.04 Å². The molecule has 11 heavy (non-hydrogen) atoms. The largest absolute Gasteiger partial charge is 0.366 e. The monoisotopic (exact) mass is 152 g/mol. The van der Waals surface area contributed by atoms with E-state index in [9.17, 15) is 0 Å². The van der Waals surface area contributed by atoms with Crippen molar-refractivity contribution in [3.05, 3.63) is 6.20 Å². The average Bonchev–Trinajstić information content (AvgIpc) is 2.48. The molecule has 0 bridgehead atoms. The van der Waals surface area contributed by atoms with Crippen LogP contribution in [0.1, 0.15) is 13.3 Å². The third-order valence-corrected chi connectivity index (χ3v) is 2.16. The highest BCUT2D eigenvalue weighted by molar-refractivity contribution is 5.34. The molecule has 0 amide bonds. The molecular formula is C7H12N4. The molecule has 1 aromatic rings. The standard InChI is InChI=1S/C7H12N4/c1-5-3-6(5)9-7-4-8-10-11(7)2/h4-6,9H,3H2,1-2H3. The molecule has 4 nitrogen and oxygen atoms in total. The quantitative estimate of drug-likeness (QED) is 0.676. The minimum absolute atomic E-state index is 0.646. The van der Waals surface area contributed by atoms with Crippen molar-refractivity contribution in [1.82, 2.24) is 15.0 Å². The average molecular weight is 152 g/mol. The Morgan fingerprint density at radius 2 is 2.45 bits per heavy atom. The van der Waals surface area contributed by atoms with Gasteiger partial charge in [0, 0.05) is 13.1 Å². The molecule has 1 heterocycles. The van der Waals surface area contributed by atoms with Crippen LogP contribution in [-0.2, 0) is 7.05 Å². The Morgan fingerprint density at radius 1 is 1.73 bits per heavy atom. The molecule has 1 aromatic heterocycles. The molecule has 1 saturated carbocycles. The maximum absolute atomic E-state index is 3.83. The van der Waals surface area contributed by atoms with Crippen molar-refractivity contribution in [3.63, 3.8) is 0 Å². The Kier molecular flexibility index (Phi) is 1.34. The summed E-state index contributed by atoms with van der Waals surface area (Å²) in [6.07, 6.45) is 3.02. The van der Waals surface area contributed by atoms with Gasteiger partial charge in [0.1, 0.15) is 5.82 Å². The van der Waals surface area contributed by atoms with Crippen LogP contribution in [0.5, 0.6) is 0 Å². The van der Waals surface area contributed by atoms with Crippen molar-refractivity contribution in [1.29, 1.82) is 0 Å². The molecule has 1 aliphatic carbocycles. The van der Waals surface area contributed by atoms with Crippen molar-refractivity contribution < 1.29 is 0 Å². The van der Waals surface area contributed by atoms with Crippen molar-refractivity contribution in [2.45, 2.75) is 19.4 Å². The Bertz CT molecular complexity index is 255. The van der Waals surface area contributed by atoms with E-state index in [-0.39, 0.29) is 0 Å². The van der Waals surface area contributed by atoms with Gasteiger partial charge in [0.15, 0.2) is 0 Å². The van der Waals surface area contributed by atoms with Gasteiger partial charge in [-0.05, 0) is 12.3 Å². The zero-order chi connectivity index (χ0) is 7.84. The van der Waals surface area contributed by atoms with Gasteiger partial charge in [-0.1, -0.05) is 12.1 Å². The third kappa shape index (κ3) is 1.20. The van der Waals surface area contributed by atoms with Crippen LogP contribution in [0.2, 0.25) is 0 Å². The van der Waals surface area contributed by atoms with E-state index >= 15 is 0 Å². The van der Waals surface area contributed by atoms with E-state index in [4.69, 9.17) is 0 Å². The Hall–Kier alpha value is -1.06. The SMILES string of the molecule is CC1CC1Nc1cnnn1C. The lowest BCUT2D eigenvalue weighted by atomic mass is 10.5. The lowest BCUT2D eigenvalue weighted by Gasteiger charge is -2.01. The predicted molar refractivity (Wildman–Crippen MR) is 42.2 cm³/mol. The van der Waals surface area contributed by atoms with E-state index in [1.807, 2.05) is 7.05 Å². The minimum atomic E-state index is 0.646. The Labute approximate surface area is 65.6 Å². The summed E-state index contributed by atoms with van der Waals surface area (Å²) < 4.78 is 1.76. The molecule has 4 heteroatoms. The van der Waals surface area contributed by atoms with Gasteiger partial charge in [0.2, 0.25) is 0 Å². The number of aryl methyl sites for hydroxylation is 1. The lowest BCUT2D eigenvalue weighted by Crippen LogP contribution is -2.07. The third-order valence-electron chi connectivity index (χ3n) is 2.16. The smallest absolute Gasteiger partial charge is 0.144 e. The van der Waals surface area contributed by atoms with Gasteiger partial charge in [0.05, 0.1) is 6.20 Å². The zero-order valence-electron chi connectivity index (χ0n) is 6.78. The Morgan fingerprint density at radius 3 is 2.91 bits per heavy atom. The van der Waals surface area contributed by atoms with Crippen LogP contribution in [0.25, 0.3) is 0 Å².